The molecule has 2 aromatic heterocycles. The number of piperazine rings is 1. The van der Waals surface area contributed by atoms with Crippen LogP contribution in [0.3, 0.4) is 0 Å². The van der Waals surface area contributed by atoms with E-state index in [1.165, 1.54) is 13.3 Å². The molecule has 11 nitrogen and oxygen atoms in total. The van der Waals surface area contributed by atoms with Crippen LogP contribution >= 0.6 is 11.6 Å². The molecule has 3 aliphatic heterocycles. The van der Waals surface area contributed by atoms with Crippen LogP contribution in [0, 0.1) is 5.82 Å². The number of likely N-dealkylation sites (N-methyl/N-ethyl adjacent to an activating group) is 1. The molecule has 0 N–H and O–H groups in total. The Hall–Kier alpha value is -2.99. The number of carbonyl (C=O) groups excluding carboxylic acids is 2. The summed E-state index contributed by atoms with van der Waals surface area (Å²) in [5, 5.41) is 0.0736. The molecule has 3 atom stereocenters. The van der Waals surface area contributed by atoms with Crippen molar-refractivity contribution in [3.63, 3.8) is 0 Å². The van der Waals surface area contributed by atoms with Crippen LogP contribution in [0.2, 0.25) is 5.15 Å². The average Bonchev–Trinajstić information content (AvgIpc) is 3.39. The topological polar surface area (TPSA) is 110 Å². The van der Waals surface area contributed by atoms with Crippen molar-refractivity contribution < 1.29 is 28.2 Å². The van der Waals surface area contributed by atoms with Crippen LogP contribution < -0.4 is 9.64 Å². The van der Waals surface area contributed by atoms with Gasteiger partial charge >= 0.3 is 18.1 Å². The Bertz CT molecular complexity index is 1280. The lowest BCUT2D eigenvalue weighted by Gasteiger charge is -2.42. The standard InChI is InChI=1S/C26H34ClFN6O5/c1-25(2,3)39-24(36)34-15-7-8-16(34)13-33(12-15)21-17-11-29-20(27)18(28)19(17)30-23(31-21)38-14-26(22(35)37-5)9-6-10-32(26)4/h11,15-16H,6-10,12-14H2,1-5H3/t15-,16+,26?. The first-order chi connectivity index (χ1) is 18.4. The molecule has 0 spiro atoms. The van der Waals surface area contributed by atoms with Crippen LogP contribution in [0.4, 0.5) is 15.0 Å². The lowest BCUT2D eigenvalue weighted by molar-refractivity contribution is -0.154. The van der Waals surface area contributed by atoms with Crippen molar-refractivity contribution in [2.75, 3.05) is 45.3 Å². The van der Waals surface area contributed by atoms with E-state index < -0.39 is 22.9 Å². The fourth-order valence-corrected chi connectivity index (χ4v) is 6.02. The zero-order valence-electron chi connectivity index (χ0n) is 22.9. The first-order valence-electron chi connectivity index (χ1n) is 13.1. The predicted molar refractivity (Wildman–Crippen MR) is 142 cm³/mol. The Balaban J connectivity index is 1.46. The normalized spacial score (nSPS) is 25.3. The minimum Gasteiger partial charge on any atom is -0.468 e. The van der Waals surface area contributed by atoms with Crippen molar-refractivity contribution in [1.82, 2.24) is 24.8 Å². The predicted octanol–water partition coefficient (Wildman–Crippen LogP) is 3.42. The Morgan fingerprint density at radius 3 is 2.49 bits per heavy atom. The Labute approximate surface area is 231 Å². The molecular weight excluding hydrogens is 531 g/mol. The van der Waals surface area contributed by atoms with Crippen molar-refractivity contribution in [1.29, 1.82) is 0 Å². The van der Waals surface area contributed by atoms with Gasteiger partial charge < -0.3 is 19.1 Å². The number of carbonyl (C=O) groups is 2. The van der Waals surface area contributed by atoms with E-state index in [9.17, 15) is 9.59 Å². The second-order valence-corrected chi connectivity index (χ2v) is 11.8. The van der Waals surface area contributed by atoms with Crippen molar-refractivity contribution in [3.8, 4) is 6.01 Å². The molecule has 1 amide bonds. The smallest absolute Gasteiger partial charge is 0.410 e. The summed E-state index contributed by atoms with van der Waals surface area (Å²) in [5.41, 5.74) is -1.61. The molecule has 5 rings (SSSR count). The van der Waals surface area contributed by atoms with Crippen LogP contribution in [0.1, 0.15) is 46.5 Å². The minimum absolute atomic E-state index is 0.0242. The molecule has 0 saturated carbocycles. The maximum absolute atomic E-state index is 15.2. The van der Waals surface area contributed by atoms with Gasteiger partial charge in [-0.05, 0) is 60.0 Å². The van der Waals surface area contributed by atoms with E-state index >= 15 is 4.39 Å². The largest absolute Gasteiger partial charge is 0.468 e. The second kappa shape index (κ2) is 10.2. The van der Waals surface area contributed by atoms with Gasteiger partial charge in [-0.25, -0.2) is 19.0 Å². The SMILES string of the molecule is COC(=O)C1(COc2nc(N3C[C@H]4CC[C@@H](C3)N4C(=O)OC(C)(C)C)c3cnc(Cl)c(F)c3n2)CCCN1C. The third-order valence-electron chi connectivity index (χ3n) is 7.81. The summed E-state index contributed by atoms with van der Waals surface area (Å²) in [7, 11) is 3.18. The van der Waals surface area contributed by atoms with E-state index in [0.29, 0.717) is 37.3 Å². The summed E-state index contributed by atoms with van der Waals surface area (Å²) in [6.07, 6.45) is 4.11. The Morgan fingerprint density at radius 2 is 1.90 bits per heavy atom. The first-order valence-corrected chi connectivity index (χ1v) is 13.5. The molecule has 3 fully saturated rings. The molecule has 0 aliphatic carbocycles. The van der Waals surface area contributed by atoms with Crippen molar-refractivity contribution >= 4 is 40.4 Å². The lowest BCUT2D eigenvalue weighted by Crippen LogP contribution is -2.57. The number of ether oxygens (including phenoxy) is 3. The zero-order valence-corrected chi connectivity index (χ0v) is 23.6. The Kier molecular flexibility index (Phi) is 7.21. The number of hydrogen-bond donors (Lipinski definition) is 0. The second-order valence-electron chi connectivity index (χ2n) is 11.5. The highest BCUT2D eigenvalue weighted by Crippen LogP contribution is 2.37. The average molecular weight is 565 g/mol. The lowest BCUT2D eigenvalue weighted by atomic mass is 9.98. The number of anilines is 1. The molecular formula is C26H34ClFN6O5. The molecule has 2 aromatic rings. The van der Waals surface area contributed by atoms with Crippen molar-refractivity contribution in [2.45, 2.75) is 69.7 Å². The summed E-state index contributed by atoms with van der Waals surface area (Å²) in [4.78, 5) is 44.3. The molecule has 0 radical (unpaired) electrons. The van der Waals surface area contributed by atoms with Gasteiger partial charge in [-0.15, -0.1) is 0 Å². The first kappa shape index (κ1) is 27.6. The summed E-state index contributed by atoms with van der Waals surface area (Å²) in [6, 6.07) is -0.259. The summed E-state index contributed by atoms with van der Waals surface area (Å²) in [5.74, 6) is -0.749. The van der Waals surface area contributed by atoms with Crippen LogP contribution in [-0.2, 0) is 14.3 Å². The van der Waals surface area contributed by atoms with Gasteiger partial charge in [-0.2, -0.15) is 9.97 Å². The molecule has 212 valence electrons. The monoisotopic (exact) mass is 564 g/mol. The number of likely N-dealkylation sites (tertiary alicyclic amines) is 1. The van der Waals surface area contributed by atoms with Gasteiger partial charge in [0.2, 0.25) is 0 Å². The molecule has 0 aromatic carbocycles. The third-order valence-corrected chi connectivity index (χ3v) is 8.07. The Morgan fingerprint density at radius 1 is 1.21 bits per heavy atom. The van der Waals surface area contributed by atoms with Gasteiger partial charge in [-0.3, -0.25) is 9.80 Å². The zero-order chi connectivity index (χ0) is 28.1. The quantitative estimate of drug-likeness (QED) is 0.395. The number of hydrogen-bond acceptors (Lipinski definition) is 10. The van der Waals surface area contributed by atoms with E-state index in [1.807, 2.05) is 42.5 Å². The number of methoxy groups -OCH3 is 1. The van der Waals surface area contributed by atoms with E-state index in [4.69, 9.17) is 25.8 Å². The van der Waals surface area contributed by atoms with Crippen LogP contribution in [-0.4, -0.2) is 100 Å². The highest BCUT2D eigenvalue weighted by atomic mass is 35.5. The summed E-state index contributed by atoms with van der Waals surface area (Å²) < 4.78 is 31.9. The minimum atomic E-state index is -0.986. The van der Waals surface area contributed by atoms with Gasteiger partial charge in [0.25, 0.3) is 0 Å². The number of fused-ring (bicyclic) bond motifs is 3. The van der Waals surface area contributed by atoms with Gasteiger partial charge in [0.15, 0.2) is 16.5 Å². The summed E-state index contributed by atoms with van der Waals surface area (Å²) >= 11 is 6.00. The molecule has 39 heavy (non-hydrogen) atoms. The van der Waals surface area contributed by atoms with Crippen molar-refractivity contribution in [3.05, 3.63) is 17.2 Å². The molecule has 1 unspecified atom stereocenters. The third kappa shape index (κ3) is 5.04. The highest BCUT2D eigenvalue weighted by molar-refractivity contribution is 6.30. The highest BCUT2D eigenvalue weighted by Gasteiger charge is 2.48. The maximum Gasteiger partial charge on any atom is 0.410 e. The van der Waals surface area contributed by atoms with E-state index in [1.54, 1.807) is 0 Å². The van der Waals surface area contributed by atoms with E-state index in [0.717, 1.165) is 19.3 Å². The fraction of sp³-hybridized carbons (Fsp3) is 0.654. The van der Waals surface area contributed by atoms with Gasteiger partial charge in [-0.1, -0.05) is 11.6 Å². The number of amides is 1. The number of aromatic nitrogens is 3. The molecule has 2 bridgehead atoms. The number of nitrogens with zero attached hydrogens (tertiary/aromatic N) is 6. The van der Waals surface area contributed by atoms with Crippen LogP contribution in [0.25, 0.3) is 10.9 Å². The van der Waals surface area contributed by atoms with Crippen molar-refractivity contribution in [2.24, 2.45) is 0 Å². The van der Waals surface area contributed by atoms with E-state index in [-0.39, 0.29) is 41.5 Å². The van der Waals surface area contributed by atoms with Crippen LogP contribution in [0.5, 0.6) is 6.01 Å². The van der Waals surface area contributed by atoms with Gasteiger partial charge in [0, 0.05) is 19.3 Å². The molecule has 3 saturated heterocycles. The molecule has 5 heterocycles. The molecule has 3 aliphatic rings. The number of pyridine rings is 1. The van der Waals surface area contributed by atoms with Crippen LogP contribution in [0.15, 0.2) is 6.20 Å². The summed E-state index contributed by atoms with van der Waals surface area (Å²) in [6.45, 7) is 7.14. The fourth-order valence-electron chi connectivity index (χ4n) is 5.88. The number of esters is 1. The molecule has 13 heteroatoms. The maximum atomic E-state index is 15.2. The van der Waals surface area contributed by atoms with Gasteiger partial charge in [0.05, 0.1) is 24.6 Å². The van der Waals surface area contributed by atoms with E-state index in [2.05, 4.69) is 15.0 Å². The number of rotatable bonds is 5. The number of halogens is 2. The van der Waals surface area contributed by atoms with Gasteiger partial charge in [0.1, 0.15) is 23.5 Å².